The van der Waals surface area contributed by atoms with Crippen LogP contribution in [0.15, 0.2) is 66.7 Å². The number of nitrogens with zero attached hydrogens (tertiary/aromatic N) is 1. The van der Waals surface area contributed by atoms with Crippen molar-refractivity contribution in [1.82, 2.24) is 4.98 Å². The molecule has 0 N–H and O–H groups in total. The Bertz CT molecular complexity index is 1490. The van der Waals surface area contributed by atoms with Crippen LogP contribution in [0.3, 0.4) is 0 Å². The number of rotatable bonds is 12. The van der Waals surface area contributed by atoms with E-state index in [4.69, 9.17) is 14.5 Å². The van der Waals surface area contributed by atoms with Gasteiger partial charge in [0, 0.05) is 30.4 Å². The van der Waals surface area contributed by atoms with Crippen molar-refractivity contribution in [1.29, 1.82) is 0 Å². The zero-order chi connectivity index (χ0) is 27.1. The number of ether oxygens (including phenoxy) is 2. The van der Waals surface area contributed by atoms with Crippen molar-refractivity contribution >= 4 is 20.7 Å². The maximum absolute atomic E-state index is 11.3. The lowest BCUT2D eigenvalue weighted by molar-refractivity contribution is 0.145. The minimum Gasteiger partial charge on any atom is -0.494 e. The molecule has 5 nitrogen and oxygen atoms in total. The highest BCUT2D eigenvalue weighted by Gasteiger charge is 2.11. The highest BCUT2D eigenvalue weighted by atomic mass is 32.2. The Hall–Kier alpha value is -3.22. The van der Waals surface area contributed by atoms with E-state index >= 15 is 0 Å². The van der Waals surface area contributed by atoms with Crippen molar-refractivity contribution in [2.45, 2.75) is 40.0 Å². The molecule has 0 saturated heterocycles. The Morgan fingerprint density at radius 2 is 1.61 bits per heavy atom. The van der Waals surface area contributed by atoms with Crippen molar-refractivity contribution in [3.63, 3.8) is 0 Å². The van der Waals surface area contributed by atoms with Gasteiger partial charge in [0.2, 0.25) is 0 Å². The van der Waals surface area contributed by atoms with E-state index in [0.29, 0.717) is 13.0 Å². The molecule has 0 aliphatic heterocycles. The molecule has 0 amide bonds. The average molecular weight is 532 g/mol. The summed E-state index contributed by atoms with van der Waals surface area (Å²) in [5, 5.41) is 1.15. The maximum Gasteiger partial charge on any atom is 0.147 e. The van der Waals surface area contributed by atoms with Gasteiger partial charge in [-0.15, -0.1) is 0 Å². The lowest BCUT2D eigenvalue weighted by atomic mass is 9.93. The first-order valence-corrected chi connectivity index (χ1v) is 15.3. The number of aromatic nitrogens is 1. The molecule has 6 heteroatoms. The molecule has 4 rings (SSSR count). The zero-order valence-corrected chi connectivity index (χ0v) is 23.6. The van der Waals surface area contributed by atoms with E-state index in [1.807, 2.05) is 19.1 Å². The monoisotopic (exact) mass is 531 g/mol. The largest absolute Gasteiger partial charge is 0.494 e. The molecule has 0 saturated carbocycles. The number of sulfone groups is 1. The minimum atomic E-state index is -2.97. The molecule has 4 aromatic rings. The van der Waals surface area contributed by atoms with Gasteiger partial charge in [-0.1, -0.05) is 30.3 Å². The summed E-state index contributed by atoms with van der Waals surface area (Å²) in [6.45, 7) is 8.12. The van der Waals surface area contributed by atoms with Gasteiger partial charge in [-0.25, -0.2) is 13.4 Å². The van der Waals surface area contributed by atoms with E-state index in [2.05, 4.69) is 68.4 Å². The van der Waals surface area contributed by atoms with Crippen LogP contribution in [0, 0.1) is 13.8 Å². The molecule has 3 aromatic carbocycles. The summed E-state index contributed by atoms with van der Waals surface area (Å²) in [6, 6.07) is 23.3. The molecule has 38 heavy (non-hydrogen) atoms. The third-order valence-electron chi connectivity index (χ3n) is 6.59. The topological polar surface area (TPSA) is 65.5 Å². The predicted octanol–water partition coefficient (Wildman–Crippen LogP) is 6.97. The van der Waals surface area contributed by atoms with Gasteiger partial charge < -0.3 is 9.47 Å². The predicted molar refractivity (Wildman–Crippen MR) is 157 cm³/mol. The minimum absolute atomic E-state index is 0.133. The third kappa shape index (κ3) is 7.42. The molecule has 0 radical (unpaired) electrons. The van der Waals surface area contributed by atoms with E-state index in [9.17, 15) is 8.42 Å². The fourth-order valence-electron chi connectivity index (χ4n) is 4.82. The van der Waals surface area contributed by atoms with Gasteiger partial charge in [-0.2, -0.15) is 0 Å². The Balaban J connectivity index is 1.52. The first-order valence-electron chi connectivity index (χ1n) is 13.2. The Kier molecular flexibility index (Phi) is 9.18. The van der Waals surface area contributed by atoms with Crippen LogP contribution >= 0.6 is 0 Å². The summed E-state index contributed by atoms with van der Waals surface area (Å²) in [7, 11) is -2.97. The molecular weight excluding hydrogens is 494 g/mol. The van der Waals surface area contributed by atoms with Gasteiger partial charge in [0.05, 0.1) is 23.6 Å². The molecule has 1 aromatic heterocycles. The molecule has 200 valence electrons. The summed E-state index contributed by atoms with van der Waals surface area (Å²) >= 11 is 0. The number of benzene rings is 3. The highest BCUT2D eigenvalue weighted by Crippen LogP contribution is 2.33. The van der Waals surface area contributed by atoms with Crippen molar-refractivity contribution < 1.29 is 17.9 Å². The number of hydrogen-bond donors (Lipinski definition) is 0. The van der Waals surface area contributed by atoms with E-state index in [0.717, 1.165) is 70.7 Å². The fourth-order valence-corrected chi connectivity index (χ4v) is 5.46. The smallest absolute Gasteiger partial charge is 0.147 e. The summed E-state index contributed by atoms with van der Waals surface area (Å²) in [4.78, 5) is 4.96. The molecular formula is C32H37NO4S. The Labute approximate surface area is 226 Å². The van der Waals surface area contributed by atoms with Crippen LogP contribution in [0.25, 0.3) is 33.3 Å². The van der Waals surface area contributed by atoms with Crippen LogP contribution in [-0.2, 0) is 21.0 Å². The number of fused-ring (bicyclic) bond motifs is 1. The van der Waals surface area contributed by atoms with Crippen molar-refractivity contribution in [2.24, 2.45) is 0 Å². The van der Waals surface area contributed by atoms with E-state index in [1.54, 1.807) is 0 Å². The van der Waals surface area contributed by atoms with Gasteiger partial charge in [0.25, 0.3) is 0 Å². The lowest BCUT2D eigenvalue weighted by Gasteiger charge is -2.15. The maximum atomic E-state index is 11.3. The van der Waals surface area contributed by atoms with Crippen molar-refractivity contribution in [3.05, 3.63) is 83.4 Å². The normalized spacial score (nSPS) is 11.7. The van der Waals surface area contributed by atoms with Gasteiger partial charge in [-0.3, -0.25) is 0 Å². The fraction of sp³-hybridized carbons (Fsp3) is 0.344. The molecule has 0 aliphatic rings. The molecule has 1 heterocycles. The van der Waals surface area contributed by atoms with Crippen molar-refractivity contribution in [2.75, 3.05) is 31.8 Å². The summed E-state index contributed by atoms with van der Waals surface area (Å²) in [5.74, 6) is 0.899. The van der Waals surface area contributed by atoms with Crippen molar-refractivity contribution in [3.8, 4) is 28.1 Å². The number of hydrogen-bond acceptors (Lipinski definition) is 5. The molecule has 0 atom stereocenters. The standard InChI is InChI=1S/C32H37NO4S/c1-5-36-16-7-9-25-12-14-30-27(21-25)13-15-31(33-30)26-10-6-11-28(22-26)32-23(2)19-29(20-24(32)3)37-17-8-18-38(4,34)35/h6,10-15,19-22H,5,7-9,16-18H2,1-4H3. The Morgan fingerprint density at radius 3 is 2.34 bits per heavy atom. The quantitative estimate of drug-likeness (QED) is 0.185. The van der Waals surface area contributed by atoms with Crippen LogP contribution in [0.1, 0.15) is 36.5 Å². The summed E-state index contributed by atoms with van der Waals surface area (Å²) < 4.78 is 34.0. The average Bonchev–Trinajstić information content (AvgIpc) is 2.88. The van der Waals surface area contributed by atoms with E-state index in [1.165, 1.54) is 17.4 Å². The van der Waals surface area contributed by atoms with Crippen LogP contribution in [0.2, 0.25) is 0 Å². The van der Waals surface area contributed by atoms with Crippen LogP contribution in [-0.4, -0.2) is 45.2 Å². The first kappa shape index (κ1) is 27.8. The van der Waals surface area contributed by atoms with Crippen LogP contribution < -0.4 is 4.74 Å². The molecule has 0 spiro atoms. The molecule has 0 unspecified atom stereocenters. The van der Waals surface area contributed by atoms with Gasteiger partial charge in [0.1, 0.15) is 15.6 Å². The summed E-state index contributed by atoms with van der Waals surface area (Å²) in [5.41, 5.74) is 8.86. The van der Waals surface area contributed by atoms with E-state index < -0.39 is 9.84 Å². The van der Waals surface area contributed by atoms with E-state index in [-0.39, 0.29) is 5.75 Å². The van der Waals surface area contributed by atoms with Crippen LogP contribution in [0.4, 0.5) is 0 Å². The van der Waals surface area contributed by atoms with Crippen LogP contribution in [0.5, 0.6) is 5.75 Å². The summed E-state index contributed by atoms with van der Waals surface area (Å²) in [6.07, 6.45) is 3.75. The van der Waals surface area contributed by atoms with Gasteiger partial charge >= 0.3 is 0 Å². The second-order valence-corrected chi connectivity index (χ2v) is 12.1. The van der Waals surface area contributed by atoms with Gasteiger partial charge in [-0.05, 0) is 104 Å². The SMILES string of the molecule is CCOCCCc1ccc2nc(-c3cccc(-c4c(C)cc(OCCCS(C)(=O)=O)cc4C)c3)ccc2c1. The second kappa shape index (κ2) is 12.5. The van der Waals surface area contributed by atoms with Gasteiger partial charge in [0.15, 0.2) is 0 Å². The second-order valence-electron chi connectivity index (χ2n) is 9.87. The third-order valence-corrected chi connectivity index (χ3v) is 7.62. The zero-order valence-electron chi connectivity index (χ0n) is 22.8. The molecule has 0 aliphatic carbocycles. The molecule has 0 bridgehead atoms. The number of pyridine rings is 1. The molecule has 0 fully saturated rings. The highest BCUT2D eigenvalue weighted by molar-refractivity contribution is 7.90. The number of aryl methyl sites for hydroxylation is 3. The first-order chi connectivity index (χ1) is 18.2. The lowest BCUT2D eigenvalue weighted by Crippen LogP contribution is -2.08. The Morgan fingerprint density at radius 1 is 0.842 bits per heavy atom.